The Kier molecular flexibility index (Phi) is 5.15. The quantitative estimate of drug-likeness (QED) is 0.792. The Hall–Kier alpha value is -1.76. The molecule has 1 amide bonds. The van der Waals surface area contributed by atoms with Gasteiger partial charge in [-0.05, 0) is 25.0 Å². The highest BCUT2D eigenvalue weighted by Crippen LogP contribution is 2.18. The fraction of sp³-hybridized carbons (Fsp3) is 0.533. The maximum absolute atomic E-state index is 12.3. The lowest BCUT2D eigenvalue weighted by molar-refractivity contribution is -0.128. The summed E-state index contributed by atoms with van der Waals surface area (Å²) in [6.45, 7) is 2.36. The van der Waals surface area contributed by atoms with Crippen LogP contribution in [0.5, 0.6) is 0 Å². The summed E-state index contributed by atoms with van der Waals surface area (Å²) in [4.78, 5) is 14.3. The summed E-state index contributed by atoms with van der Waals surface area (Å²) in [5.41, 5.74) is 0. The number of carbonyl (C=O) groups excluding carboxylic acids is 1. The van der Waals surface area contributed by atoms with E-state index in [0.29, 0.717) is 12.3 Å². The molecule has 0 aromatic carbocycles. The highest BCUT2D eigenvalue weighted by Gasteiger charge is 2.17. The number of thioether (sulfide) groups is 1. The van der Waals surface area contributed by atoms with Crippen molar-refractivity contribution < 1.29 is 9.21 Å². The fourth-order valence-electron chi connectivity index (χ4n) is 2.57. The predicted molar refractivity (Wildman–Crippen MR) is 83.6 cm³/mol. The van der Waals surface area contributed by atoms with E-state index >= 15 is 0 Å². The number of furan rings is 1. The minimum absolute atomic E-state index is 0.194. The summed E-state index contributed by atoms with van der Waals surface area (Å²) in [5, 5.41) is 8.78. The molecule has 0 spiro atoms. The molecule has 0 unspecified atom stereocenters. The van der Waals surface area contributed by atoms with Crippen molar-refractivity contribution in [1.82, 2.24) is 19.7 Å². The maximum atomic E-state index is 12.3. The zero-order chi connectivity index (χ0) is 15.2. The number of aromatic nitrogens is 3. The lowest BCUT2D eigenvalue weighted by atomic mass is 10.2. The van der Waals surface area contributed by atoms with Gasteiger partial charge < -0.3 is 13.9 Å². The van der Waals surface area contributed by atoms with Crippen LogP contribution in [-0.4, -0.2) is 44.4 Å². The Morgan fingerprint density at radius 3 is 2.82 bits per heavy atom. The molecule has 2 aromatic heterocycles. The van der Waals surface area contributed by atoms with Crippen molar-refractivity contribution >= 4 is 17.7 Å². The Morgan fingerprint density at radius 1 is 1.27 bits per heavy atom. The molecule has 0 bridgehead atoms. The van der Waals surface area contributed by atoms with Crippen LogP contribution in [0.1, 0.15) is 31.4 Å². The molecule has 7 heteroatoms. The average Bonchev–Trinajstić information content (AvgIpc) is 3.11. The molecule has 0 aliphatic carbocycles. The van der Waals surface area contributed by atoms with Crippen molar-refractivity contribution in [2.75, 3.05) is 18.8 Å². The first kappa shape index (κ1) is 15.1. The maximum Gasteiger partial charge on any atom is 0.233 e. The number of amides is 1. The number of rotatable bonds is 5. The van der Waals surface area contributed by atoms with E-state index in [1.807, 2.05) is 21.6 Å². The van der Waals surface area contributed by atoms with E-state index in [4.69, 9.17) is 4.42 Å². The van der Waals surface area contributed by atoms with Gasteiger partial charge in [-0.3, -0.25) is 4.79 Å². The molecule has 6 nitrogen and oxygen atoms in total. The van der Waals surface area contributed by atoms with Crippen molar-refractivity contribution in [3.05, 3.63) is 30.5 Å². The van der Waals surface area contributed by atoms with Gasteiger partial charge in [0.15, 0.2) is 5.16 Å². The van der Waals surface area contributed by atoms with Crippen LogP contribution < -0.4 is 0 Å². The van der Waals surface area contributed by atoms with Crippen LogP contribution in [0.15, 0.2) is 34.3 Å². The molecule has 3 rings (SSSR count). The number of hydrogen-bond acceptors (Lipinski definition) is 5. The first-order valence-electron chi connectivity index (χ1n) is 7.64. The van der Waals surface area contributed by atoms with Crippen molar-refractivity contribution in [3.8, 4) is 0 Å². The molecule has 3 heterocycles. The van der Waals surface area contributed by atoms with Gasteiger partial charge in [0.2, 0.25) is 5.91 Å². The van der Waals surface area contributed by atoms with Crippen LogP contribution >= 0.6 is 11.8 Å². The van der Waals surface area contributed by atoms with E-state index in [1.54, 1.807) is 12.6 Å². The van der Waals surface area contributed by atoms with Crippen LogP contribution in [0.2, 0.25) is 0 Å². The summed E-state index contributed by atoms with van der Waals surface area (Å²) in [6.07, 6.45) is 8.01. The average molecular weight is 320 g/mol. The lowest BCUT2D eigenvalue weighted by Gasteiger charge is -2.19. The van der Waals surface area contributed by atoms with Crippen LogP contribution in [-0.2, 0) is 11.3 Å². The molecule has 2 aromatic rings. The normalized spacial score (nSPS) is 15.7. The number of hydrogen-bond donors (Lipinski definition) is 0. The third-order valence-electron chi connectivity index (χ3n) is 3.77. The standard InChI is InChI=1S/C15H20N4O2S/c20-14(18-7-3-1-2-4-8-18)11-22-15-17-16-12-19(15)10-13-6-5-9-21-13/h5-6,9,12H,1-4,7-8,10-11H2. The van der Waals surface area contributed by atoms with E-state index in [2.05, 4.69) is 10.2 Å². The SMILES string of the molecule is O=C(CSc1nncn1Cc1ccco1)N1CCCCCC1. The van der Waals surface area contributed by atoms with Crippen LogP contribution in [0.3, 0.4) is 0 Å². The first-order valence-corrected chi connectivity index (χ1v) is 8.62. The van der Waals surface area contributed by atoms with E-state index < -0.39 is 0 Å². The summed E-state index contributed by atoms with van der Waals surface area (Å²) in [7, 11) is 0. The second-order valence-corrected chi connectivity index (χ2v) is 6.35. The Balaban J connectivity index is 1.55. The zero-order valence-corrected chi connectivity index (χ0v) is 13.3. The van der Waals surface area contributed by atoms with E-state index in [9.17, 15) is 4.79 Å². The molecule has 1 aliphatic rings. The molecule has 1 saturated heterocycles. The number of likely N-dealkylation sites (tertiary alicyclic amines) is 1. The molecule has 118 valence electrons. The van der Waals surface area contributed by atoms with Crippen molar-refractivity contribution in [2.24, 2.45) is 0 Å². The Labute approximate surface area is 133 Å². The van der Waals surface area contributed by atoms with Gasteiger partial charge in [0.05, 0.1) is 18.6 Å². The highest BCUT2D eigenvalue weighted by molar-refractivity contribution is 7.99. The van der Waals surface area contributed by atoms with Gasteiger partial charge in [0.1, 0.15) is 12.1 Å². The van der Waals surface area contributed by atoms with Crippen molar-refractivity contribution in [2.45, 2.75) is 37.4 Å². The van der Waals surface area contributed by atoms with Crippen LogP contribution in [0.4, 0.5) is 0 Å². The molecular weight excluding hydrogens is 300 g/mol. The molecular formula is C15H20N4O2S. The summed E-state index contributed by atoms with van der Waals surface area (Å²) >= 11 is 1.44. The Bertz CT molecular complexity index is 588. The molecule has 0 radical (unpaired) electrons. The van der Waals surface area contributed by atoms with Crippen LogP contribution in [0.25, 0.3) is 0 Å². The third-order valence-corrected chi connectivity index (χ3v) is 4.74. The number of carbonyl (C=O) groups is 1. The number of nitrogens with zero attached hydrogens (tertiary/aromatic N) is 4. The van der Waals surface area contributed by atoms with E-state index in [-0.39, 0.29) is 5.91 Å². The van der Waals surface area contributed by atoms with Crippen molar-refractivity contribution in [1.29, 1.82) is 0 Å². The fourth-order valence-corrected chi connectivity index (χ4v) is 3.39. The largest absolute Gasteiger partial charge is 0.467 e. The second-order valence-electron chi connectivity index (χ2n) is 5.40. The predicted octanol–water partition coefficient (Wildman–Crippen LogP) is 2.41. The third kappa shape index (κ3) is 3.91. The van der Waals surface area contributed by atoms with Gasteiger partial charge in [-0.2, -0.15) is 0 Å². The lowest BCUT2D eigenvalue weighted by Crippen LogP contribution is -2.33. The molecule has 0 N–H and O–H groups in total. The monoisotopic (exact) mass is 320 g/mol. The minimum atomic E-state index is 0.194. The molecule has 0 atom stereocenters. The molecule has 1 aliphatic heterocycles. The van der Waals surface area contributed by atoms with E-state index in [0.717, 1.165) is 36.8 Å². The molecule has 0 saturated carbocycles. The van der Waals surface area contributed by atoms with Crippen molar-refractivity contribution in [3.63, 3.8) is 0 Å². The van der Waals surface area contributed by atoms with Crippen LogP contribution in [0, 0.1) is 0 Å². The molecule has 1 fully saturated rings. The topological polar surface area (TPSA) is 64.2 Å². The van der Waals surface area contributed by atoms with Gasteiger partial charge >= 0.3 is 0 Å². The van der Waals surface area contributed by atoms with Gasteiger partial charge in [0, 0.05) is 13.1 Å². The summed E-state index contributed by atoms with van der Waals surface area (Å²) < 4.78 is 7.24. The highest BCUT2D eigenvalue weighted by atomic mass is 32.2. The zero-order valence-electron chi connectivity index (χ0n) is 12.5. The first-order chi connectivity index (χ1) is 10.8. The molecule has 22 heavy (non-hydrogen) atoms. The second kappa shape index (κ2) is 7.49. The van der Waals surface area contributed by atoms with Gasteiger partial charge in [-0.1, -0.05) is 24.6 Å². The minimum Gasteiger partial charge on any atom is -0.467 e. The van der Waals surface area contributed by atoms with Gasteiger partial charge in [-0.15, -0.1) is 10.2 Å². The Morgan fingerprint density at radius 2 is 2.09 bits per heavy atom. The smallest absolute Gasteiger partial charge is 0.233 e. The van der Waals surface area contributed by atoms with E-state index in [1.165, 1.54) is 24.6 Å². The summed E-state index contributed by atoms with van der Waals surface area (Å²) in [6, 6.07) is 3.77. The summed E-state index contributed by atoms with van der Waals surface area (Å²) in [5.74, 6) is 1.46. The van der Waals surface area contributed by atoms with Gasteiger partial charge in [0.25, 0.3) is 0 Å². The van der Waals surface area contributed by atoms with Gasteiger partial charge in [-0.25, -0.2) is 0 Å².